The molecule has 3 aromatic carbocycles. The van der Waals surface area contributed by atoms with Crippen molar-refractivity contribution < 1.29 is 13.2 Å². The van der Waals surface area contributed by atoms with Gasteiger partial charge >= 0.3 is 0 Å². The van der Waals surface area contributed by atoms with E-state index in [1.54, 1.807) is 49.7 Å². The number of anilines is 1. The third kappa shape index (κ3) is 3.79. The fourth-order valence-electron chi connectivity index (χ4n) is 3.90. The fourth-order valence-corrected chi connectivity index (χ4v) is 5.46. The molecular weight excluding hydrogens is 462 g/mol. The first-order chi connectivity index (χ1) is 16.8. The number of hydrogen-bond acceptors (Lipinski definition) is 7. The van der Waals surface area contributed by atoms with Crippen molar-refractivity contribution in [2.24, 2.45) is 5.10 Å². The second-order valence-electron chi connectivity index (χ2n) is 8.15. The van der Waals surface area contributed by atoms with Gasteiger partial charge in [-0.25, -0.2) is 18.4 Å². The minimum atomic E-state index is -4.03. The summed E-state index contributed by atoms with van der Waals surface area (Å²) in [6.07, 6.45) is 1.55. The first-order valence-electron chi connectivity index (χ1n) is 10.9. The Labute approximate surface area is 202 Å². The van der Waals surface area contributed by atoms with Crippen LogP contribution in [0.15, 0.2) is 81.6 Å². The smallest absolute Gasteiger partial charge is 0.212 e. The third-order valence-electron chi connectivity index (χ3n) is 5.94. The summed E-state index contributed by atoms with van der Waals surface area (Å²) >= 11 is 0. The minimum Gasteiger partial charge on any atom is -0.496 e. The van der Waals surface area contributed by atoms with Crippen LogP contribution < -0.4 is 10.5 Å². The van der Waals surface area contributed by atoms with Gasteiger partial charge in [0.25, 0.3) is 0 Å². The highest BCUT2D eigenvalue weighted by atomic mass is 32.2. The lowest BCUT2D eigenvalue weighted by molar-refractivity contribution is 0.414. The zero-order chi connectivity index (χ0) is 24.7. The topological polar surface area (TPSA) is 112 Å². The van der Waals surface area contributed by atoms with Crippen molar-refractivity contribution >= 4 is 44.1 Å². The Morgan fingerprint density at radius 3 is 2.34 bits per heavy atom. The van der Waals surface area contributed by atoms with Gasteiger partial charge < -0.3 is 10.5 Å². The maximum atomic E-state index is 13.8. The van der Waals surface area contributed by atoms with Gasteiger partial charge in [0.1, 0.15) is 22.0 Å². The molecule has 2 N–H and O–H groups in total. The maximum Gasteiger partial charge on any atom is 0.212 e. The van der Waals surface area contributed by atoms with Crippen molar-refractivity contribution in [2.45, 2.75) is 23.6 Å². The van der Waals surface area contributed by atoms with E-state index in [0.717, 1.165) is 11.1 Å². The highest BCUT2D eigenvalue weighted by molar-refractivity contribution is 7.92. The molecule has 176 valence electrons. The summed E-state index contributed by atoms with van der Waals surface area (Å²) in [5, 5.41) is 4.50. The zero-order valence-corrected chi connectivity index (χ0v) is 20.2. The number of methoxy groups -OCH3 is 1. The molecule has 0 aliphatic rings. The summed E-state index contributed by atoms with van der Waals surface area (Å²) in [5.74, 6) is 0.547. The van der Waals surface area contributed by atoms with Gasteiger partial charge in [-0.1, -0.05) is 30.3 Å². The van der Waals surface area contributed by atoms with Crippen LogP contribution in [0.4, 0.5) is 5.82 Å². The van der Waals surface area contributed by atoms with Crippen LogP contribution in [0.5, 0.6) is 5.75 Å². The number of nitrogens with two attached hydrogens (primary N) is 1. The molecule has 35 heavy (non-hydrogen) atoms. The SMILES string of the molecule is COc1ccccc1/C=N/n1c(N)c(S(=O)(=O)c2ccc(C)c(C)c2)c2nc3ccccc3nc21. The predicted molar refractivity (Wildman–Crippen MR) is 137 cm³/mol. The molecule has 0 aliphatic carbocycles. The van der Waals surface area contributed by atoms with Crippen LogP contribution >= 0.6 is 0 Å². The van der Waals surface area contributed by atoms with Crippen molar-refractivity contribution in [1.82, 2.24) is 14.6 Å². The summed E-state index contributed by atoms with van der Waals surface area (Å²) in [6.45, 7) is 3.79. The van der Waals surface area contributed by atoms with Gasteiger partial charge in [0.05, 0.1) is 29.3 Å². The molecule has 5 rings (SSSR count). The normalized spacial score (nSPS) is 12.1. The quantitative estimate of drug-likeness (QED) is 0.367. The van der Waals surface area contributed by atoms with Crippen LogP contribution in [-0.4, -0.2) is 36.4 Å². The number of aryl methyl sites for hydroxylation is 2. The lowest BCUT2D eigenvalue weighted by atomic mass is 10.1. The summed E-state index contributed by atoms with van der Waals surface area (Å²) in [5.41, 5.74) is 10.6. The predicted octanol–water partition coefficient (Wildman–Crippen LogP) is 4.51. The zero-order valence-electron chi connectivity index (χ0n) is 19.4. The average Bonchev–Trinajstić information content (AvgIpc) is 3.13. The second kappa shape index (κ2) is 8.52. The molecule has 5 aromatic rings. The molecule has 0 spiro atoms. The van der Waals surface area contributed by atoms with Gasteiger partial charge in [-0.15, -0.1) is 0 Å². The van der Waals surface area contributed by atoms with Crippen molar-refractivity contribution in [2.75, 3.05) is 12.8 Å². The van der Waals surface area contributed by atoms with Crippen LogP contribution in [0.1, 0.15) is 16.7 Å². The van der Waals surface area contributed by atoms with E-state index >= 15 is 0 Å². The van der Waals surface area contributed by atoms with Crippen molar-refractivity contribution in [1.29, 1.82) is 0 Å². The molecule has 0 saturated carbocycles. The Morgan fingerprint density at radius 1 is 0.943 bits per heavy atom. The van der Waals surface area contributed by atoms with E-state index in [2.05, 4.69) is 15.1 Å². The lowest BCUT2D eigenvalue weighted by Gasteiger charge is -2.07. The van der Waals surface area contributed by atoms with E-state index in [0.29, 0.717) is 22.3 Å². The molecule has 0 amide bonds. The summed E-state index contributed by atoms with van der Waals surface area (Å²) < 4.78 is 34.4. The Kier molecular flexibility index (Phi) is 5.49. The van der Waals surface area contributed by atoms with Crippen LogP contribution in [0.25, 0.3) is 22.2 Å². The second-order valence-corrected chi connectivity index (χ2v) is 10.0. The summed E-state index contributed by atoms with van der Waals surface area (Å²) in [6, 6.07) is 19.6. The molecule has 8 nitrogen and oxygen atoms in total. The van der Waals surface area contributed by atoms with E-state index in [9.17, 15) is 8.42 Å². The molecule has 2 heterocycles. The van der Waals surface area contributed by atoms with E-state index in [-0.39, 0.29) is 26.8 Å². The Morgan fingerprint density at radius 2 is 1.63 bits per heavy atom. The Hall–Kier alpha value is -4.24. The Bertz CT molecular complexity index is 1740. The highest BCUT2D eigenvalue weighted by Crippen LogP contribution is 2.35. The molecule has 0 radical (unpaired) electrons. The third-order valence-corrected chi connectivity index (χ3v) is 7.75. The van der Waals surface area contributed by atoms with Crippen LogP contribution in [0.2, 0.25) is 0 Å². The average molecular weight is 486 g/mol. The van der Waals surface area contributed by atoms with E-state index < -0.39 is 9.84 Å². The van der Waals surface area contributed by atoms with Crippen molar-refractivity contribution in [3.63, 3.8) is 0 Å². The monoisotopic (exact) mass is 485 g/mol. The van der Waals surface area contributed by atoms with Crippen LogP contribution in [0, 0.1) is 13.8 Å². The van der Waals surface area contributed by atoms with Crippen molar-refractivity contribution in [3.05, 3.63) is 83.4 Å². The van der Waals surface area contributed by atoms with Crippen LogP contribution in [-0.2, 0) is 9.84 Å². The van der Waals surface area contributed by atoms with Gasteiger partial charge in [-0.05, 0) is 61.4 Å². The van der Waals surface area contributed by atoms with Crippen molar-refractivity contribution in [3.8, 4) is 5.75 Å². The van der Waals surface area contributed by atoms with Gasteiger partial charge in [-0.3, -0.25) is 0 Å². The first-order valence-corrected chi connectivity index (χ1v) is 12.4. The number of fused-ring (bicyclic) bond motifs is 2. The maximum absolute atomic E-state index is 13.8. The number of nitrogen functional groups attached to an aromatic ring is 1. The molecular formula is C26H23N5O3S. The van der Waals surface area contributed by atoms with E-state index in [1.165, 1.54) is 4.68 Å². The van der Waals surface area contributed by atoms with Gasteiger partial charge in [0, 0.05) is 5.56 Å². The number of sulfone groups is 1. The summed E-state index contributed by atoms with van der Waals surface area (Å²) in [7, 11) is -2.46. The number of nitrogens with zero attached hydrogens (tertiary/aromatic N) is 4. The highest BCUT2D eigenvalue weighted by Gasteiger charge is 2.30. The van der Waals surface area contributed by atoms with Crippen LogP contribution in [0.3, 0.4) is 0 Å². The van der Waals surface area contributed by atoms with Gasteiger partial charge in [0.15, 0.2) is 5.65 Å². The summed E-state index contributed by atoms with van der Waals surface area (Å²) in [4.78, 5) is 9.32. The Balaban J connectivity index is 1.80. The molecule has 0 fully saturated rings. The molecule has 0 atom stereocenters. The standard InChI is InChI=1S/C26H23N5O3S/c1-16-12-13-19(14-17(16)2)35(32,33)24-23-26(30-21-10-6-5-9-20(21)29-23)31(25(24)27)28-15-18-8-4-7-11-22(18)34-3/h4-15H,27H2,1-3H3/b28-15+. The number of para-hydroxylation sites is 3. The fraction of sp³-hybridized carbons (Fsp3) is 0.115. The molecule has 0 bridgehead atoms. The molecule has 0 saturated heterocycles. The first kappa shape index (κ1) is 22.5. The van der Waals surface area contributed by atoms with E-state index in [1.807, 2.05) is 44.2 Å². The molecule has 0 aliphatic heterocycles. The van der Waals surface area contributed by atoms with Gasteiger partial charge in [-0.2, -0.15) is 9.78 Å². The largest absolute Gasteiger partial charge is 0.496 e. The number of ether oxygens (including phenoxy) is 1. The number of benzene rings is 3. The van der Waals surface area contributed by atoms with E-state index in [4.69, 9.17) is 10.5 Å². The number of hydrogen-bond donors (Lipinski definition) is 1. The number of rotatable bonds is 5. The molecule has 9 heteroatoms. The number of aromatic nitrogens is 3. The van der Waals surface area contributed by atoms with Gasteiger partial charge in [0.2, 0.25) is 9.84 Å². The lowest BCUT2D eigenvalue weighted by Crippen LogP contribution is -2.07. The molecule has 0 unspecified atom stereocenters. The minimum absolute atomic E-state index is 0.0697. The molecule has 2 aromatic heterocycles.